The summed E-state index contributed by atoms with van der Waals surface area (Å²) in [6.45, 7) is 1.28. The average molecular weight is 249 g/mol. The van der Waals surface area contributed by atoms with Crippen LogP contribution in [0.2, 0.25) is 0 Å². The summed E-state index contributed by atoms with van der Waals surface area (Å²) in [5.41, 5.74) is 6.37. The molecule has 0 aromatic heterocycles. The monoisotopic (exact) mass is 249 g/mol. The first kappa shape index (κ1) is 12.3. The molecule has 0 spiro atoms. The van der Waals surface area contributed by atoms with Crippen LogP contribution in [-0.4, -0.2) is 28.9 Å². The van der Waals surface area contributed by atoms with Gasteiger partial charge >= 0.3 is 6.03 Å². The number of hydrogen-bond donors (Lipinski definition) is 1. The van der Waals surface area contributed by atoms with Crippen molar-refractivity contribution in [2.75, 3.05) is 13.1 Å². The first-order valence-corrected chi connectivity index (χ1v) is 5.86. The van der Waals surface area contributed by atoms with Gasteiger partial charge in [-0.3, -0.25) is 10.1 Å². The van der Waals surface area contributed by atoms with Crippen LogP contribution >= 0.6 is 0 Å². The third-order valence-electron chi connectivity index (χ3n) is 3.31. The van der Waals surface area contributed by atoms with Gasteiger partial charge in [0.2, 0.25) is 0 Å². The van der Waals surface area contributed by atoms with Crippen molar-refractivity contribution >= 4 is 11.7 Å². The number of hydrogen-bond acceptors (Lipinski definition) is 3. The quantitative estimate of drug-likeness (QED) is 0.640. The van der Waals surface area contributed by atoms with E-state index in [-0.39, 0.29) is 11.6 Å². The lowest BCUT2D eigenvalue weighted by atomic mass is 9.91. The minimum Gasteiger partial charge on any atom is -0.351 e. The van der Waals surface area contributed by atoms with E-state index in [0.29, 0.717) is 13.1 Å². The Morgan fingerprint density at radius 2 is 2.06 bits per heavy atom. The number of nitrogens with two attached hydrogens (primary N) is 1. The van der Waals surface area contributed by atoms with E-state index in [1.54, 1.807) is 17.0 Å². The number of carbonyl (C=O) groups excluding carboxylic acids is 1. The van der Waals surface area contributed by atoms with Gasteiger partial charge in [-0.05, 0) is 18.4 Å². The van der Waals surface area contributed by atoms with Gasteiger partial charge in [-0.15, -0.1) is 0 Å². The Morgan fingerprint density at radius 1 is 1.39 bits per heavy atom. The molecule has 0 aliphatic carbocycles. The normalized spacial score (nSPS) is 19.6. The molecule has 1 unspecified atom stereocenters. The number of nitro benzene ring substituents is 1. The van der Waals surface area contributed by atoms with Gasteiger partial charge in [0.15, 0.2) is 0 Å². The van der Waals surface area contributed by atoms with Gasteiger partial charge in [0.05, 0.1) is 4.92 Å². The summed E-state index contributed by atoms with van der Waals surface area (Å²) in [7, 11) is 0. The highest BCUT2D eigenvalue weighted by Gasteiger charge is 2.23. The predicted octanol–water partition coefficient (Wildman–Crippen LogP) is 1.85. The van der Waals surface area contributed by atoms with Crippen LogP contribution in [0.15, 0.2) is 24.3 Å². The zero-order valence-electron chi connectivity index (χ0n) is 9.91. The number of benzene rings is 1. The Labute approximate surface area is 105 Å². The number of likely N-dealkylation sites (tertiary alicyclic amines) is 1. The van der Waals surface area contributed by atoms with Crippen molar-refractivity contribution in [2.24, 2.45) is 5.73 Å². The number of piperidine rings is 1. The van der Waals surface area contributed by atoms with Crippen molar-refractivity contribution in [3.8, 4) is 0 Å². The summed E-state index contributed by atoms with van der Waals surface area (Å²) in [4.78, 5) is 22.9. The summed E-state index contributed by atoms with van der Waals surface area (Å²) in [6, 6.07) is 6.11. The summed E-state index contributed by atoms with van der Waals surface area (Å²) < 4.78 is 0. The third-order valence-corrected chi connectivity index (χ3v) is 3.31. The molecule has 0 radical (unpaired) electrons. The van der Waals surface area contributed by atoms with Gasteiger partial charge in [-0.25, -0.2) is 4.79 Å². The largest absolute Gasteiger partial charge is 0.351 e. The summed E-state index contributed by atoms with van der Waals surface area (Å²) >= 11 is 0. The maximum atomic E-state index is 11.1. The van der Waals surface area contributed by atoms with Crippen molar-refractivity contribution in [1.29, 1.82) is 0 Å². The Bertz CT molecular complexity index is 458. The van der Waals surface area contributed by atoms with Gasteiger partial charge in [0.25, 0.3) is 5.69 Å². The molecule has 2 N–H and O–H groups in total. The van der Waals surface area contributed by atoms with Crippen molar-refractivity contribution < 1.29 is 9.72 Å². The number of non-ortho nitro benzene ring substituents is 1. The van der Waals surface area contributed by atoms with E-state index in [1.807, 2.05) is 0 Å². The number of carbonyl (C=O) groups is 1. The number of rotatable bonds is 2. The van der Waals surface area contributed by atoms with E-state index < -0.39 is 11.0 Å². The molecule has 0 saturated carbocycles. The summed E-state index contributed by atoms with van der Waals surface area (Å²) in [6.07, 6.45) is 1.88. The number of urea groups is 1. The summed E-state index contributed by atoms with van der Waals surface area (Å²) in [5, 5.41) is 10.6. The smallest absolute Gasteiger partial charge is 0.314 e. The van der Waals surface area contributed by atoms with Crippen LogP contribution in [0.25, 0.3) is 0 Å². The highest BCUT2D eigenvalue weighted by molar-refractivity contribution is 5.72. The number of amides is 2. The Kier molecular flexibility index (Phi) is 3.45. The molecule has 1 saturated heterocycles. The van der Waals surface area contributed by atoms with Gasteiger partial charge in [-0.1, -0.05) is 12.1 Å². The van der Waals surface area contributed by atoms with Crippen LogP contribution in [0.1, 0.15) is 24.3 Å². The summed E-state index contributed by atoms with van der Waals surface area (Å²) in [5.74, 6) is 0.215. The van der Waals surface area contributed by atoms with Gasteiger partial charge < -0.3 is 10.6 Å². The molecule has 1 aromatic carbocycles. The zero-order valence-corrected chi connectivity index (χ0v) is 9.91. The molecule has 1 heterocycles. The van der Waals surface area contributed by atoms with E-state index in [1.165, 1.54) is 12.1 Å². The molecule has 6 nitrogen and oxygen atoms in total. The molecule has 1 atom stereocenters. The zero-order chi connectivity index (χ0) is 13.1. The molecule has 0 bridgehead atoms. The average Bonchev–Trinajstić information content (AvgIpc) is 2.39. The highest BCUT2D eigenvalue weighted by Crippen LogP contribution is 2.27. The molecule has 1 aromatic rings. The predicted molar refractivity (Wildman–Crippen MR) is 66.2 cm³/mol. The lowest BCUT2D eigenvalue weighted by molar-refractivity contribution is -0.384. The molecule has 96 valence electrons. The first-order valence-electron chi connectivity index (χ1n) is 5.86. The van der Waals surface area contributed by atoms with Gasteiger partial charge in [-0.2, -0.15) is 0 Å². The molecule has 2 rings (SSSR count). The highest BCUT2D eigenvalue weighted by atomic mass is 16.6. The number of primary amides is 1. The fourth-order valence-electron chi connectivity index (χ4n) is 2.32. The minimum absolute atomic E-state index is 0.0846. The fraction of sp³-hybridized carbons (Fsp3) is 0.417. The molecule has 6 heteroatoms. The van der Waals surface area contributed by atoms with Crippen molar-refractivity contribution in [3.63, 3.8) is 0 Å². The molecule has 1 aliphatic rings. The van der Waals surface area contributed by atoms with E-state index >= 15 is 0 Å². The molecule has 1 aliphatic heterocycles. The number of nitrogens with zero attached hydrogens (tertiary/aromatic N) is 2. The SMILES string of the molecule is NC(=O)N1CCCC(c2ccc([N+](=O)[O-])cc2)C1. The maximum absolute atomic E-state index is 11.1. The molecule has 18 heavy (non-hydrogen) atoms. The minimum atomic E-state index is -0.416. The van der Waals surface area contributed by atoms with Crippen LogP contribution in [0.4, 0.5) is 10.5 Å². The third kappa shape index (κ3) is 2.58. The molecule has 1 fully saturated rings. The molecular weight excluding hydrogens is 234 g/mol. The van der Waals surface area contributed by atoms with Crippen LogP contribution in [0.5, 0.6) is 0 Å². The lowest BCUT2D eigenvalue weighted by Gasteiger charge is -2.31. The van der Waals surface area contributed by atoms with Crippen LogP contribution < -0.4 is 5.73 Å². The van der Waals surface area contributed by atoms with E-state index in [4.69, 9.17) is 5.73 Å². The van der Waals surface area contributed by atoms with Crippen LogP contribution in [0, 0.1) is 10.1 Å². The second-order valence-electron chi connectivity index (χ2n) is 4.47. The van der Waals surface area contributed by atoms with Crippen molar-refractivity contribution in [1.82, 2.24) is 4.90 Å². The standard InChI is InChI=1S/C12H15N3O3/c13-12(16)14-7-1-2-10(8-14)9-3-5-11(6-4-9)15(17)18/h3-6,10H,1-2,7-8H2,(H2,13,16). The first-order chi connectivity index (χ1) is 8.58. The van der Waals surface area contributed by atoms with Gasteiger partial charge in [0.1, 0.15) is 0 Å². The molecular formula is C12H15N3O3. The lowest BCUT2D eigenvalue weighted by Crippen LogP contribution is -2.42. The van der Waals surface area contributed by atoms with E-state index in [2.05, 4.69) is 0 Å². The second-order valence-corrected chi connectivity index (χ2v) is 4.47. The van der Waals surface area contributed by atoms with Crippen LogP contribution in [0.3, 0.4) is 0 Å². The van der Waals surface area contributed by atoms with Crippen LogP contribution in [-0.2, 0) is 0 Å². The fourth-order valence-corrected chi connectivity index (χ4v) is 2.32. The Morgan fingerprint density at radius 3 is 2.61 bits per heavy atom. The van der Waals surface area contributed by atoms with Gasteiger partial charge in [0, 0.05) is 31.1 Å². The second kappa shape index (κ2) is 5.03. The molecule has 2 amide bonds. The Balaban J connectivity index is 2.11. The van der Waals surface area contributed by atoms with E-state index in [0.717, 1.165) is 18.4 Å². The topological polar surface area (TPSA) is 89.5 Å². The van der Waals surface area contributed by atoms with Crippen molar-refractivity contribution in [3.05, 3.63) is 39.9 Å². The maximum Gasteiger partial charge on any atom is 0.314 e. The van der Waals surface area contributed by atoms with Crippen molar-refractivity contribution in [2.45, 2.75) is 18.8 Å². The van der Waals surface area contributed by atoms with E-state index in [9.17, 15) is 14.9 Å². The number of nitro groups is 1. The Hall–Kier alpha value is -2.11.